The minimum atomic E-state index is -3.74. The van der Waals surface area contributed by atoms with E-state index in [1.807, 2.05) is 19.1 Å². The summed E-state index contributed by atoms with van der Waals surface area (Å²) in [5, 5.41) is 20.9. The summed E-state index contributed by atoms with van der Waals surface area (Å²) in [6.07, 6.45) is 12.7. The first-order chi connectivity index (χ1) is 15.1. The minimum Gasteiger partial charge on any atom is -0.476 e. The van der Waals surface area contributed by atoms with Gasteiger partial charge in [-0.25, -0.2) is 18.2 Å². The molecule has 0 aliphatic heterocycles. The first-order valence-electron chi connectivity index (χ1n) is 11.4. The Kier molecular flexibility index (Phi) is 8.27. The molecule has 1 unspecified atom stereocenters. The lowest BCUT2D eigenvalue weighted by atomic mass is 9.80. The van der Waals surface area contributed by atoms with E-state index >= 15 is 0 Å². The Balaban J connectivity index is 1.55. The van der Waals surface area contributed by atoms with Crippen LogP contribution in [0.2, 0.25) is 0 Å². The molecule has 2 saturated carbocycles. The van der Waals surface area contributed by atoms with Crippen molar-refractivity contribution in [1.82, 2.24) is 4.98 Å². The van der Waals surface area contributed by atoms with E-state index in [1.54, 1.807) is 0 Å². The van der Waals surface area contributed by atoms with E-state index in [4.69, 9.17) is 5.11 Å². The van der Waals surface area contributed by atoms with Crippen molar-refractivity contribution in [3.05, 3.63) is 23.2 Å². The third-order valence-corrected chi connectivity index (χ3v) is 9.80. The number of ketones is 1. The van der Waals surface area contributed by atoms with Crippen molar-refractivity contribution < 1.29 is 28.2 Å². The number of nitrogens with zero attached hydrogens (tertiary/aromatic N) is 1. The van der Waals surface area contributed by atoms with Gasteiger partial charge in [-0.15, -0.1) is 11.3 Å². The van der Waals surface area contributed by atoms with E-state index < -0.39 is 21.4 Å². The number of sulfone groups is 1. The van der Waals surface area contributed by atoms with Gasteiger partial charge in [-0.2, -0.15) is 0 Å². The van der Waals surface area contributed by atoms with E-state index in [0.29, 0.717) is 25.2 Å². The Bertz CT molecular complexity index is 943. The number of allylic oxidation sites excluding steroid dienone is 1. The number of aliphatic hydroxyl groups is 1. The second-order valence-corrected chi connectivity index (χ2v) is 12.7. The maximum absolute atomic E-state index is 12.6. The summed E-state index contributed by atoms with van der Waals surface area (Å²) in [5.74, 6) is -1.27. The Morgan fingerprint density at radius 3 is 2.66 bits per heavy atom. The van der Waals surface area contributed by atoms with Crippen LogP contribution in [0.4, 0.5) is 0 Å². The topological polar surface area (TPSA) is 122 Å². The lowest BCUT2D eigenvalue weighted by molar-refractivity contribution is -0.121. The monoisotopic (exact) mass is 483 g/mol. The van der Waals surface area contributed by atoms with Crippen molar-refractivity contribution in [2.45, 2.75) is 81.1 Å². The zero-order valence-corrected chi connectivity index (χ0v) is 20.2. The molecule has 1 aromatic heterocycles. The van der Waals surface area contributed by atoms with Crippen LogP contribution in [0.3, 0.4) is 0 Å². The van der Waals surface area contributed by atoms with Gasteiger partial charge in [-0.05, 0) is 44.4 Å². The second-order valence-electron chi connectivity index (χ2n) is 9.52. The Morgan fingerprint density at radius 2 is 2.00 bits per heavy atom. The first-order valence-corrected chi connectivity index (χ1v) is 13.9. The highest BCUT2D eigenvalue weighted by atomic mass is 32.2. The predicted molar refractivity (Wildman–Crippen MR) is 123 cm³/mol. The number of rotatable bonds is 10. The zero-order valence-electron chi connectivity index (χ0n) is 18.5. The molecule has 7 nitrogen and oxygen atoms in total. The van der Waals surface area contributed by atoms with Crippen molar-refractivity contribution in [1.29, 1.82) is 0 Å². The summed E-state index contributed by atoms with van der Waals surface area (Å²) in [5.41, 5.74) is -1.06. The van der Waals surface area contributed by atoms with Crippen LogP contribution in [0.5, 0.6) is 0 Å². The molecule has 0 radical (unpaired) electrons. The fourth-order valence-corrected chi connectivity index (χ4v) is 7.47. The van der Waals surface area contributed by atoms with Crippen LogP contribution < -0.4 is 0 Å². The highest BCUT2D eigenvalue weighted by Crippen LogP contribution is 2.35. The average molecular weight is 484 g/mol. The summed E-state index contributed by atoms with van der Waals surface area (Å²) in [6, 6.07) is 0. The lowest BCUT2D eigenvalue weighted by Gasteiger charge is -2.30. The van der Waals surface area contributed by atoms with Crippen molar-refractivity contribution in [3.63, 3.8) is 0 Å². The molecule has 178 valence electrons. The van der Waals surface area contributed by atoms with Gasteiger partial charge in [0.25, 0.3) is 0 Å². The molecular weight excluding hydrogens is 450 g/mol. The largest absolute Gasteiger partial charge is 0.476 e. The van der Waals surface area contributed by atoms with Crippen LogP contribution in [-0.4, -0.2) is 46.7 Å². The summed E-state index contributed by atoms with van der Waals surface area (Å²) in [7, 11) is -3.74. The Labute approximate surface area is 193 Å². The molecule has 2 fully saturated rings. The summed E-state index contributed by atoms with van der Waals surface area (Å²) in [6.45, 7) is 1.87. The summed E-state index contributed by atoms with van der Waals surface area (Å²) < 4.78 is 24.9. The minimum absolute atomic E-state index is 0.0333. The number of hydrogen-bond acceptors (Lipinski definition) is 7. The highest BCUT2D eigenvalue weighted by Gasteiger charge is 2.35. The molecule has 2 aliphatic carbocycles. The average Bonchev–Trinajstić information content (AvgIpc) is 3.35. The lowest BCUT2D eigenvalue weighted by Crippen LogP contribution is -2.28. The molecule has 0 amide bonds. The van der Waals surface area contributed by atoms with E-state index in [0.717, 1.165) is 17.8 Å². The SMILES string of the molecule is CC(O)(C/C=C/[C@@H]1CCC(=O)[C@@H]1CCS(=O)(=O)c1nc(C(=O)O)cs1)CC1CCCCC1. The number of hydrogen-bond donors (Lipinski definition) is 2. The van der Waals surface area contributed by atoms with Crippen LogP contribution in [0.15, 0.2) is 21.9 Å². The molecule has 0 saturated heterocycles. The van der Waals surface area contributed by atoms with Gasteiger partial charge in [0.05, 0.1) is 11.4 Å². The maximum Gasteiger partial charge on any atom is 0.355 e. The van der Waals surface area contributed by atoms with Crippen molar-refractivity contribution in [2.24, 2.45) is 17.8 Å². The van der Waals surface area contributed by atoms with Crippen LogP contribution >= 0.6 is 11.3 Å². The number of carbonyl (C=O) groups excluding carboxylic acids is 1. The number of carbonyl (C=O) groups is 2. The van der Waals surface area contributed by atoms with Crippen LogP contribution in [0, 0.1) is 17.8 Å². The molecule has 9 heteroatoms. The molecule has 1 aromatic rings. The fourth-order valence-electron chi connectivity index (χ4n) is 5.00. The number of Topliss-reactive ketones (excluding diaryl/α,β-unsaturated/α-hetero) is 1. The van der Waals surface area contributed by atoms with Gasteiger partial charge in [0.1, 0.15) is 5.78 Å². The number of carboxylic acid groups (broad SMARTS) is 1. The van der Waals surface area contributed by atoms with Gasteiger partial charge in [0.15, 0.2) is 5.69 Å². The number of thiazole rings is 1. The quantitative estimate of drug-likeness (QED) is 0.477. The third kappa shape index (κ3) is 6.71. The smallest absolute Gasteiger partial charge is 0.355 e. The molecule has 32 heavy (non-hydrogen) atoms. The van der Waals surface area contributed by atoms with Gasteiger partial charge in [0, 0.05) is 17.7 Å². The van der Waals surface area contributed by atoms with E-state index in [-0.39, 0.29) is 39.8 Å². The number of carboxylic acids is 1. The molecule has 0 spiro atoms. The summed E-state index contributed by atoms with van der Waals surface area (Å²) >= 11 is 0.793. The van der Waals surface area contributed by atoms with Gasteiger partial charge in [-0.1, -0.05) is 44.3 Å². The molecular formula is C23H33NO6S2. The van der Waals surface area contributed by atoms with Crippen LogP contribution in [-0.2, 0) is 14.6 Å². The Morgan fingerprint density at radius 1 is 1.28 bits per heavy atom. The predicted octanol–water partition coefficient (Wildman–Crippen LogP) is 4.27. The molecule has 1 heterocycles. The molecule has 3 atom stereocenters. The highest BCUT2D eigenvalue weighted by molar-refractivity contribution is 7.93. The van der Waals surface area contributed by atoms with Crippen molar-refractivity contribution >= 4 is 32.9 Å². The standard InChI is InChI=1S/C23H33NO6S2/c1-23(28,14-16-6-3-2-4-7-16)12-5-8-17-9-10-20(25)18(17)11-13-32(29,30)22-24-19(15-31-22)21(26)27/h5,8,15-18,28H,2-4,6-7,9-14H2,1H3,(H,26,27)/b8-5+/t17-,18-,23?/m1/s1. The second kappa shape index (κ2) is 10.6. The van der Waals surface area contributed by atoms with E-state index in [1.165, 1.54) is 37.5 Å². The van der Waals surface area contributed by atoms with E-state index in [9.17, 15) is 23.1 Å². The molecule has 0 bridgehead atoms. The molecule has 0 aromatic carbocycles. The van der Waals surface area contributed by atoms with Crippen molar-refractivity contribution in [2.75, 3.05) is 5.75 Å². The van der Waals surface area contributed by atoms with Gasteiger partial charge >= 0.3 is 5.97 Å². The maximum atomic E-state index is 12.6. The zero-order chi connectivity index (χ0) is 23.4. The van der Waals surface area contributed by atoms with Crippen LogP contribution in [0.25, 0.3) is 0 Å². The van der Waals surface area contributed by atoms with Gasteiger partial charge in [-0.3, -0.25) is 4.79 Å². The van der Waals surface area contributed by atoms with Gasteiger partial charge < -0.3 is 10.2 Å². The molecule has 2 aliphatic rings. The molecule has 2 N–H and O–H groups in total. The fraction of sp³-hybridized carbons (Fsp3) is 0.696. The third-order valence-electron chi connectivity index (χ3n) is 6.71. The van der Waals surface area contributed by atoms with Crippen LogP contribution in [0.1, 0.15) is 81.6 Å². The first kappa shape index (κ1) is 25.1. The number of aromatic nitrogens is 1. The van der Waals surface area contributed by atoms with Gasteiger partial charge in [0.2, 0.25) is 14.2 Å². The number of aromatic carboxylic acids is 1. The summed E-state index contributed by atoms with van der Waals surface area (Å²) in [4.78, 5) is 27.0. The van der Waals surface area contributed by atoms with E-state index in [2.05, 4.69) is 4.98 Å². The Hall–Kier alpha value is -1.58. The van der Waals surface area contributed by atoms with Crippen molar-refractivity contribution in [3.8, 4) is 0 Å². The molecule has 3 rings (SSSR count). The normalized spacial score (nSPS) is 24.8.